The molecule has 8 nitrogen and oxygen atoms in total. The summed E-state index contributed by atoms with van der Waals surface area (Å²) in [5.41, 5.74) is -0.525. The van der Waals surface area contributed by atoms with Gasteiger partial charge in [0.15, 0.2) is 5.65 Å². The van der Waals surface area contributed by atoms with Crippen LogP contribution in [0.2, 0.25) is 0 Å². The number of amides is 1. The number of carbonyl (C=O) groups excluding carboxylic acids is 1. The van der Waals surface area contributed by atoms with Crippen LogP contribution in [0.4, 0.5) is 0 Å². The Hall–Kier alpha value is -2.16. The molecule has 0 saturated heterocycles. The van der Waals surface area contributed by atoms with Crippen molar-refractivity contribution in [1.29, 1.82) is 0 Å². The van der Waals surface area contributed by atoms with Crippen molar-refractivity contribution < 1.29 is 4.79 Å². The molecule has 0 unspecified atom stereocenters. The number of rotatable bonds is 6. The van der Waals surface area contributed by atoms with Crippen molar-refractivity contribution in [1.82, 2.24) is 24.4 Å². The Labute approximate surface area is 156 Å². The number of aryl methyl sites for hydroxylation is 1. The molecule has 0 bridgehead atoms. The van der Waals surface area contributed by atoms with Gasteiger partial charge >= 0.3 is 5.69 Å². The zero-order chi connectivity index (χ0) is 19.6. The van der Waals surface area contributed by atoms with Crippen molar-refractivity contribution in [3.8, 4) is 0 Å². The van der Waals surface area contributed by atoms with Crippen LogP contribution >= 0.6 is 11.8 Å². The SMILES string of the molecule is CCNC(=O)[C@H](C)Sc1nc(C)nc2c1c(=O)n(C)c(=O)n2CC(C)C. The van der Waals surface area contributed by atoms with Crippen molar-refractivity contribution in [2.75, 3.05) is 6.54 Å². The Morgan fingerprint density at radius 1 is 1.23 bits per heavy atom. The zero-order valence-electron chi connectivity index (χ0n) is 16.0. The van der Waals surface area contributed by atoms with E-state index < -0.39 is 16.5 Å². The van der Waals surface area contributed by atoms with Crippen LogP contribution in [-0.2, 0) is 18.4 Å². The number of hydrogen-bond acceptors (Lipinski definition) is 6. The summed E-state index contributed by atoms with van der Waals surface area (Å²) in [6.07, 6.45) is 0. The Bertz CT molecular complexity index is 948. The zero-order valence-corrected chi connectivity index (χ0v) is 16.8. The quantitative estimate of drug-likeness (QED) is 0.595. The van der Waals surface area contributed by atoms with Crippen molar-refractivity contribution in [3.63, 3.8) is 0 Å². The van der Waals surface area contributed by atoms with Crippen molar-refractivity contribution >= 4 is 28.7 Å². The van der Waals surface area contributed by atoms with Gasteiger partial charge < -0.3 is 5.32 Å². The monoisotopic (exact) mass is 379 g/mol. The lowest BCUT2D eigenvalue weighted by atomic mass is 10.2. The van der Waals surface area contributed by atoms with Gasteiger partial charge in [0.25, 0.3) is 5.56 Å². The van der Waals surface area contributed by atoms with Crippen LogP contribution in [0.15, 0.2) is 14.6 Å². The number of carbonyl (C=O) groups is 1. The highest BCUT2D eigenvalue weighted by atomic mass is 32.2. The molecule has 0 aliphatic carbocycles. The summed E-state index contributed by atoms with van der Waals surface area (Å²) in [6, 6.07) is 0. The number of thioether (sulfide) groups is 1. The standard InChI is InChI=1S/C17H25N5O3S/c1-7-18-14(23)10(4)26-15-12-13(19-11(5)20-15)22(8-9(2)3)17(25)21(6)16(12)24/h9-10H,7-8H2,1-6H3,(H,18,23)/t10-/m0/s1. The number of hydrogen-bond donors (Lipinski definition) is 1. The molecular weight excluding hydrogens is 354 g/mol. The second-order valence-electron chi connectivity index (χ2n) is 6.58. The number of nitrogens with zero attached hydrogens (tertiary/aromatic N) is 4. The highest BCUT2D eigenvalue weighted by molar-refractivity contribution is 8.00. The van der Waals surface area contributed by atoms with E-state index in [1.54, 1.807) is 13.8 Å². The summed E-state index contributed by atoms with van der Waals surface area (Å²) < 4.78 is 2.58. The molecule has 1 amide bonds. The lowest BCUT2D eigenvalue weighted by Crippen LogP contribution is -2.40. The molecule has 2 aromatic heterocycles. The smallest absolute Gasteiger partial charge is 0.332 e. The van der Waals surface area contributed by atoms with Crippen LogP contribution in [0.5, 0.6) is 0 Å². The van der Waals surface area contributed by atoms with Crippen LogP contribution < -0.4 is 16.6 Å². The van der Waals surface area contributed by atoms with Gasteiger partial charge in [0.1, 0.15) is 16.2 Å². The van der Waals surface area contributed by atoms with Crippen molar-refractivity contribution in [3.05, 3.63) is 26.7 Å². The van der Waals surface area contributed by atoms with Crippen LogP contribution in [0, 0.1) is 12.8 Å². The summed E-state index contributed by atoms with van der Waals surface area (Å²) in [5, 5.41) is 3.03. The molecule has 0 spiro atoms. The lowest BCUT2D eigenvalue weighted by Gasteiger charge is -2.16. The number of nitrogens with one attached hydrogen (secondary N) is 1. The van der Waals surface area contributed by atoms with Gasteiger partial charge in [0.05, 0.1) is 5.25 Å². The van der Waals surface area contributed by atoms with E-state index in [0.717, 1.165) is 4.57 Å². The highest BCUT2D eigenvalue weighted by Gasteiger charge is 2.22. The summed E-state index contributed by atoms with van der Waals surface area (Å²) >= 11 is 1.20. The molecule has 0 saturated carbocycles. The fourth-order valence-electron chi connectivity index (χ4n) is 2.60. The maximum atomic E-state index is 12.8. The summed E-state index contributed by atoms with van der Waals surface area (Å²) in [4.78, 5) is 46.1. The first-order valence-corrected chi connectivity index (χ1v) is 9.47. The van der Waals surface area contributed by atoms with E-state index in [4.69, 9.17) is 0 Å². The normalized spacial score (nSPS) is 12.6. The molecule has 26 heavy (non-hydrogen) atoms. The fraction of sp³-hybridized carbons (Fsp3) is 0.588. The molecule has 0 aliphatic rings. The third-order valence-corrected chi connectivity index (χ3v) is 4.90. The van der Waals surface area contributed by atoms with E-state index >= 15 is 0 Å². The van der Waals surface area contributed by atoms with E-state index in [-0.39, 0.29) is 17.2 Å². The molecule has 0 fully saturated rings. The first kappa shape index (κ1) is 20.2. The second kappa shape index (κ2) is 8.03. The minimum Gasteiger partial charge on any atom is -0.355 e. The predicted molar refractivity (Wildman–Crippen MR) is 103 cm³/mol. The Morgan fingerprint density at radius 2 is 1.88 bits per heavy atom. The summed E-state index contributed by atoms with van der Waals surface area (Å²) in [5.74, 6) is 0.525. The largest absolute Gasteiger partial charge is 0.355 e. The van der Waals surface area contributed by atoms with E-state index in [2.05, 4.69) is 15.3 Å². The maximum absolute atomic E-state index is 12.8. The van der Waals surface area contributed by atoms with Crippen LogP contribution in [0.1, 0.15) is 33.5 Å². The van der Waals surface area contributed by atoms with Gasteiger partial charge in [-0.15, -0.1) is 0 Å². The highest BCUT2D eigenvalue weighted by Crippen LogP contribution is 2.26. The Balaban J connectivity index is 2.73. The molecule has 0 aliphatic heterocycles. The van der Waals surface area contributed by atoms with Gasteiger partial charge in [0, 0.05) is 20.1 Å². The van der Waals surface area contributed by atoms with Gasteiger partial charge in [-0.25, -0.2) is 14.8 Å². The minimum atomic E-state index is -0.449. The van der Waals surface area contributed by atoms with E-state index in [1.807, 2.05) is 20.8 Å². The molecule has 0 radical (unpaired) electrons. The van der Waals surface area contributed by atoms with Gasteiger partial charge in [0.2, 0.25) is 5.91 Å². The first-order valence-electron chi connectivity index (χ1n) is 8.59. The first-order chi connectivity index (χ1) is 12.2. The third kappa shape index (κ3) is 3.98. The fourth-order valence-corrected chi connectivity index (χ4v) is 3.60. The van der Waals surface area contributed by atoms with E-state index in [0.29, 0.717) is 29.6 Å². The predicted octanol–water partition coefficient (Wildman–Crippen LogP) is 1.07. The van der Waals surface area contributed by atoms with Crippen molar-refractivity contribution in [2.24, 2.45) is 13.0 Å². The van der Waals surface area contributed by atoms with E-state index in [9.17, 15) is 14.4 Å². The third-order valence-electron chi connectivity index (χ3n) is 3.82. The van der Waals surface area contributed by atoms with Gasteiger partial charge in [-0.2, -0.15) is 0 Å². The average Bonchev–Trinajstić information content (AvgIpc) is 2.56. The number of aromatic nitrogens is 4. The minimum absolute atomic E-state index is 0.130. The van der Waals surface area contributed by atoms with Gasteiger partial charge in [-0.3, -0.25) is 18.7 Å². The van der Waals surface area contributed by atoms with E-state index in [1.165, 1.54) is 23.4 Å². The van der Waals surface area contributed by atoms with Gasteiger partial charge in [-0.1, -0.05) is 25.6 Å². The molecule has 2 heterocycles. The molecule has 1 atom stereocenters. The molecule has 0 aromatic carbocycles. The molecular formula is C17H25N5O3S. The summed E-state index contributed by atoms with van der Waals surface area (Å²) in [6.45, 7) is 10.3. The van der Waals surface area contributed by atoms with Crippen LogP contribution in [0.25, 0.3) is 11.0 Å². The van der Waals surface area contributed by atoms with Crippen LogP contribution in [0.3, 0.4) is 0 Å². The Morgan fingerprint density at radius 3 is 2.46 bits per heavy atom. The maximum Gasteiger partial charge on any atom is 0.332 e. The van der Waals surface area contributed by atoms with Gasteiger partial charge in [-0.05, 0) is 26.7 Å². The molecule has 2 rings (SSSR count). The average molecular weight is 379 g/mol. The molecule has 142 valence electrons. The molecule has 1 N–H and O–H groups in total. The topological polar surface area (TPSA) is 98.9 Å². The number of fused-ring (bicyclic) bond motifs is 1. The lowest BCUT2D eigenvalue weighted by molar-refractivity contribution is -0.120. The molecule has 2 aromatic rings. The van der Waals surface area contributed by atoms with Crippen LogP contribution in [-0.4, -0.2) is 36.8 Å². The molecule has 9 heteroatoms. The Kier molecular flexibility index (Phi) is 6.22. The second-order valence-corrected chi connectivity index (χ2v) is 7.91. The van der Waals surface area contributed by atoms with Crippen molar-refractivity contribution in [2.45, 2.75) is 51.4 Å². The summed E-state index contributed by atoms with van der Waals surface area (Å²) in [7, 11) is 1.45.